The van der Waals surface area contributed by atoms with Crippen molar-refractivity contribution < 1.29 is 22.7 Å². The van der Waals surface area contributed by atoms with Gasteiger partial charge in [-0.2, -0.15) is 0 Å². The minimum Gasteiger partial charge on any atom is -0.495 e. The van der Waals surface area contributed by atoms with Gasteiger partial charge in [-0.1, -0.05) is 71.8 Å². The third kappa shape index (κ3) is 7.49. The average Bonchev–Trinajstić information content (AvgIpc) is 2.88. The molecule has 2 amide bonds. The van der Waals surface area contributed by atoms with E-state index in [9.17, 15) is 18.0 Å². The lowest BCUT2D eigenvalue weighted by atomic mass is 10.0. The van der Waals surface area contributed by atoms with Crippen LogP contribution in [0.4, 0.5) is 5.69 Å². The van der Waals surface area contributed by atoms with Crippen LogP contribution in [0.1, 0.15) is 16.7 Å². The molecule has 3 aromatic carbocycles. The molecule has 0 fully saturated rings. The normalized spacial score (nSPS) is 11.9. The maximum Gasteiger partial charge on any atom is 0.244 e. The van der Waals surface area contributed by atoms with Gasteiger partial charge >= 0.3 is 0 Å². The van der Waals surface area contributed by atoms with Crippen molar-refractivity contribution in [2.75, 3.05) is 31.3 Å². The summed E-state index contributed by atoms with van der Waals surface area (Å²) in [5, 5.41) is 2.86. The molecule has 0 radical (unpaired) electrons. The number of ether oxygens (including phenoxy) is 1. The highest BCUT2D eigenvalue weighted by Crippen LogP contribution is 2.30. The van der Waals surface area contributed by atoms with Crippen molar-refractivity contribution in [3.8, 4) is 5.75 Å². The highest BCUT2D eigenvalue weighted by Gasteiger charge is 2.32. The van der Waals surface area contributed by atoms with Crippen LogP contribution in [0.25, 0.3) is 0 Å². The molecular weight excluding hydrogens is 526 g/mol. The van der Waals surface area contributed by atoms with E-state index in [0.717, 1.165) is 27.3 Å². The molecular formula is C28H32ClN3O5S. The lowest BCUT2D eigenvalue weighted by Gasteiger charge is -2.33. The van der Waals surface area contributed by atoms with E-state index in [-0.39, 0.29) is 29.6 Å². The number of rotatable bonds is 11. The van der Waals surface area contributed by atoms with E-state index in [0.29, 0.717) is 5.75 Å². The predicted molar refractivity (Wildman–Crippen MR) is 150 cm³/mol. The maximum absolute atomic E-state index is 13.9. The van der Waals surface area contributed by atoms with E-state index in [1.165, 1.54) is 37.3 Å². The molecule has 0 unspecified atom stereocenters. The highest BCUT2D eigenvalue weighted by atomic mass is 35.5. The number of aryl methyl sites for hydroxylation is 1. The molecule has 202 valence electrons. The van der Waals surface area contributed by atoms with Crippen molar-refractivity contribution in [2.45, 2.75) is 25.9 Å². The van der Waals surface area contributed by atoms with Gasteiger partial charge in [0, 0.05) is 20.0 Å². The fourth-order valence-corrected chi connectivity index (χ4v) is 5.25. The van der Waals surface area contributed by atoms with Crippen molar-refractivity contribution in [3.05, 3.63) is 94.5 Å². The van der Waals surface area contributed by atoms with Gasteiger partial charge in [-0.15, -0.1) is 0 Å². The molecule has 0 saturated heterocycles. The van der Waals surface area contributed by atoms with Crippen LogP contribution in [-0.4, -0.2) is 58.1 Å². The predicted octanol–water partition coefficient (Wildman–Crippen LogP) is 3.81. The van der Waals surface area contributed by atoms with E-state index >= 15 is 0 Å². The summed E-state index contributed by atoms with van der Waals surface area (Å²) in [5.41, 5.74) is 2.89. The second-order valence-electron chi connectivity index (χ2n) is 8.92. The molecule has 0 heterocycles. The average molecular weight is 558 g/mol. The molecule has 0 aliphatic heterocycles. The van der Waals surface area contributed by atoms with Gasteiger partial charge in [0.15, 0.2) is 0 Å². The Hall–Kier alpha value is -3.56. The number of hydrogen-bond donors (Lipinski definition) is 1. The van der Waals surface area contributed by atoms with Crippen molar-refractivity contribution in [2.24, 2.45) is 0 Å². The smallest absolute Gasteiger partial charge is 0.244 e. The summed E-state index contributed by atoms with van der Waals surface area (Å²) in [4.78, 5) is 28.5. The molecule has 3 rings (SSSR count). The van der Waals surface area contributed by atoms with Gasteiger partial charge in [0.25, 0.3) is 0 Å². The summed E-state index contributed by atoms with van der Waals surface area (Å²) in [7, 11) is -0.923. The number of hydrogen-bond acceptors (Lipinski definition) is 5. The zero-order valence-electron chi connectivity index (χ0n) is 21.8. The number of nitrogens with one attached hydrogen (secondary N) is 1. The number of methoxy groups -OCH3 is 1. The van der Waals surface area contributed by atoms with E-state index in [4.69, 9.17) is 16.3 Å². The van der Waals surface area contributed by atoms with E-state index < -0.39 is 28.5 Å². The van der Waals surface area contributed by atoms with Gasteiger partial charge in [-0.05, 0) is 36.2 Å². The molecule has 0 aromatic heterocycles. The topological polar surface area (TPSA) is 96.0 Å². The standard InChI is InChI=1S/C28H32ClN3O5S/c1-20-9-8-12-22(15-20)18-31(25(28(34)30-2)16-21-10-6-5-7-11-21)27(33)19-32(38(4,35)36)23-13-14-26(37-3)24(29)17-23/h5-15,17,25H,16,18-19H2,1-4H3,(H,30,34)/t25-/m0/s1. The van der Waals surface area contributed by atoms with Gasteiger partial charge in [0.1, 0.15) is 18.3 Å². The molecule has 0 saturated carbocycles. The summed E-state index contributed by atoms with van der Waals surface area (Å²) in [6.45, 7) is 1.54. The first-order valence-electron chi connectivity index (χ1n) is 11.9. The van der Waals surface area contributed by atoms with E-state index in [1.54, 1.807) is 0 Å². The fraction of sp³-hybridized carbons (Fsp3) is 0.286. The van der Waals surface area contributed by atoms with Crippen molar-refractivity contribution in [3.63, 3.8) is 0 Å². The third-order valence-corrected chi connectivity index (χ3v) is 7.49. The van der Waals surface area contributed by atoms with Crippen LogP contribution in [0.5, 0.6) is 5.75 Å². The Kier molecular flexibility index (Phi) is 9.77. The Labute approximate surface area is 229 Å². The first-order chi connectivity index (χ1) is 18.0. The molecule has 1 N–H and O–H groups in total. The van der Waals surface area contributed by atoms with Crippen LogP contribution in [0, 0.1) is 6.92 Å². The summed E-state index contributed by atoms with van der Waals surface area (Å²) in [6, 6.07) is 20.6. The number of likely N-dealkylation sites (N-methyl/N-ethyl adjacent to an activating group) is 1. The number of anilines is 1. The van der Waals surface area contributed by atoms with Gasteiger partial charge in [0.05, 0.1) is 24.1 Å². The molecule has 0 aliphatic rings. The zero-order chi connectivity index (χ0) is 27.9. The van der Waals surface area contributed by atoms with Gasteiger partial charge in [0.2, 0.25) is 21.8 Å². The van der Waals surface area contributed by atoms with Crippen LogP contribution in [-0.2, 0) is 32.6 Å². The van der Waals surface area contributed by atoms with Gasteiger partial charge < -0.3 is 15.0 Å². The van der Waals surface area contributed by atoms with Crippen molar-refractivity contribution in [1.82, 2.24) is 10.2 Å². The van der Waals surface area contributed by atoms with Crippen LogP contribution in [0.15, 0.2) is 72.8 Å². The summed E-state index contributed by atoms with van der Waals surface area (Å²) >= 11 is 6.25. The molecule has 10 heteroatoms. The third-order valence-electron chi connectivity index (χ3n) is 6.06. The number of carbonyl (C=O) groups excluding carboxylic acids is 2. The molecule has 3 aromatic rings. The van der Waals surface area contributed by atoms with Gasteiger partial charge in [-0.25, -0.2) is 8.42 Å². The number of amides is 2. The summed E-state index contributed by atoms with van der Waals surface area (Å²) in [5.74, 6) is -0.513. The minimum atomic E-state index is -3.89. The second-order valence-corrected chi connectivity index (χ2v) is 11.2. The lowest BCUT2D eigenvalue weighted by Crippen LogP contribution is -2.52. The van der Waals surface area contributed by atoms with E-state index in [1.807, 2.05) is 61.5 Å². The molecule has 0 aliphatic carbocycles. The number of sulfonamides is 1. The molecule has 8 nitrogen and oxygen atoms in total. The largest absolute Gasteiger partial charge is 0.495 e. The first-order valence-corrected chi connectivity index (χ1v) is 14.2. The minimum absolute atomic E-state index is 0.117. The van der Waals surface area contributed by atoms with Crippen LogP contribution >= 0.6 is 11.6 Å². The number of nitrogens with zero attached hydrogens (tertiary/aromatic N) is 2. The quantitative estimate of drug-likeness (QED) is 0.387. The fourth-order valence-electron chi connectivity index (χ4n) is 4.15. The Morgan fingerprint density at radius 3 is 2.26 bits per heavy atom. The number of benzene rings is 3. The Balaban J connectivity index is 2.03. The zero-order valence-corrected chi connectivity index (χ0v) is 23.4. The molecule has 38 heavy (non-hydrogen) atoms. The monoisotopic (exact) mass is 557 g/mol. The van der Waals surface area contributed by atoms with Crippen LogP contribution in [0.3, 0.4) is 0 Å². The molecule has 0 bridgehead atoms. The summed E-state index contributed by atoms with van der Waals surface area (Å²) < 4.78 is 31.8. The van der Waals surface area contributed by atoms with Crippen molar-refractivity contribution in [1.29, 1.82) is 0 Å². The lowest BCUT2D eigenvalue weighted by molar-refractivity contribution is -0.139. The molecule has 1 atom stereocenters. The molecule has 0 spiro atoms. The van der Waals surface area contributed by atoms with E-state index in [2.05, 4.69) is 5.32 Å². The number of carbonyl (C=O) groups is 2. The van der Waals surface area contributed by atoms with Crippen LogP contribution < -0.4 is 14.4 Å². The first kappa shape index (κ1) is 29.0. The maximum atomic E-state index is 13.9. The Morgan fingerprint density at radius 1 is 1.00 bits per heavy atom. The highest BCUT2D eigenvalue weighted by molar-refractivity contribution is 7.92. The number of halogens is 1. The Bertz CT molecular complexity index is 1380. The van der Waals surface area contributed by atoms with Crippen molar-refractivity contribution >= 4 is 39.1 Å². The summed E-state index contributed by atoms with van der Waals surface area (Å²) in [6.07, 6.45) is 1.27. The SMILES string of the molecule is CNC(=O)[C@H](Cc1ccccc1)N(Cc1cccc(C)c1)C(=O)CN(c1ccc(OC)c(Cl)c1)S(C)(=O)=O. The van der Waals surface area contributed by atoms with Gasteiger partial charge in [-0.3, -0.25) is 13.9 Å². The van der Waals surface area contributed by atoms with Crippen LogP contribution in [0.2, 0.25) is 5.02 Å². The Morgan fingerprint density at radius 2 is 1.68 bits per heavy atom. The second kappa shape index (κ2) is 12.8.